The largest absolute Gasteiger partial charge is 0.497 e. The third-order valence-electron chi connectivity index (χ3n) is 5.67. The summed E-state index contributed by atoms with van der Waals surface area (Å²) in [6, 6.07) is 8.30. The Kier molecular flexibility index (Phi) is 4.48. The third-order valence-corrected chi connectivity index (χ3v) is 5.67. The Bertz CT molecular complexity index is 741. The minimum Gasteiger partial charge on any atom is -0.497 e. The van der Waals surface area contributed by atoms with Crippen LogP contribution >= 0.6 is 0 Å². The summed E-state index contributed by atoms with van der Waals surface area (Å²) in [5.74, 6) is 3.51. The van der Waals surface area contributed by atoms with Gasteiger partial charge in [-0.3, -0.25) is 4.90 Å². The van der Waals surface area contributed by atoms with Gasteiger partial charge >= 0.3 is 0 Å². The van der Waals surface area contributed by atoms with E-state index < -0.39 is 0 Å². The van der Waals surface area contributed by atoms with Crippen molar-refractivity contribution in [2.45, 2.75) is 50.3 Å². The van der Waals surface area contributed by atoms with Crippen LogP contribution < -0.4 is 4.74 Å². The smallest absolute Gasteiger partial charge is 0.146 e. The van der Waals surface area contributed by atoms with E-state index in [2.05, 4.69) is 38.8 Å². The monoisotopic (exact) mass is 342 g/mol. The number of β-amino-alcohol motifs (C(OH)–C–C–N with tert-alkyl or cyclic N) is 1. The Morgan fingerprint density at radius 2 is 2.12 bits per heavy atom. The van der Waals surface area contributed by atoms with Gasteiger partial charge in [-0.2, -0.15) is 0 Å². The van der Waals surface area contributed by atoms with E-state index in [1.165, 1.54) is 24.8 Å². The Hall–Kier alpha value is -1.92. The molecule has 1 saturated carbocycles. The van der Waals surface area contributed by atoms with Crippen LogP contribution in [0.5, 0.6) is 5.75 Å². The predicted octanol–water partition coefficient (Wildman–Crippen LogP) is 2.40. The molecule has 1 N–H and O–H groups in total. The van der Waals surface area contributed by atoms with Gasteiger partial charge in [0.15, 0.2) is 0 Å². The number of aromatic nitrogens is 3. The lowest BCUT2D eigenvalue weighted by molar-refractivity contribution is 0.170. The minimum absolute atomic E-state index is 0.175. The SMILES string of the molecule is COc1cccc([C@@H]2C[C@H](O)CN2Cc2nnc(C3CCC3)n2C)c1. The normalized spacial score (nSPS) is 24.4. The molecule has 4 rings (SSSR count). The number of likely N-dealkylation sites (tertiary alicyclic amines) is 1. The highest BCUT2D eigenvalue weighted by Gasteiger charge is 2.34. The first-order chi connectivity index (χ1) is 12.2. The Labute approximate surface area is 148 Å². The maximum Gasteiger partial charge on any atom is 0.146 e. The number of aliphatic hydroxyl groups is 1. The van der Waals surface area contributed by atoms with Crippen molar-refractivity contribution in [1.29, 1.82) is 0 Å². The quantitative estimate of drug-likeness (QED) is 0.904. The van der Waals surface area contributed by atoms with Crippen molar-refractivity contribution < 1.29 is 9.84 Å². The number of aliphatic hydroxyl groups excluding tert-OH is 1. The lowest BCUT2D eigenvalue weighted by Crippen LogP contribution is -2.26. The van der Waals surface area contributed by atoms with Gasteiger partial charge in [-0.05, 0) is 37.0 Å². The average Bonchev–Trinajstić information content (AvgIpc) is 3.11. The van der Waals surface area contributed by atoms with E-state index in [4.69, 9.17) is 4.74 Å². The van der Waals surface area contributed by atoms with Gasteiger partial charge in [-0.15, -0.1) is 10.2 Å². The van der Waals surface area contributed by atoms with Crippen LogP contribution in [-0.4, -0.2) is 44.5 Å². The van der Waals surface area contributed by atoms with Gasteiger partial charge in [0.1, 0.15) is 17.4 Å². The van der Waals surface area contributed by atoms with E-state index in [1.54, 1.807) is 7.11 Å². The van der Waals surface area contributed by atoms with E-state index in [9.17, 15) is 5.11 Å². The Balaban J connectivity index is 1.55. The van der Waals surface area contributed by atoms with Crippen molar-refractivity contribution in [3.8, 4) is 5.75 Å². The molecule has 6 heteroatoms. The molecular weight excluding hydrogens is 316 g/mol. The fourth-order valence-corrected chi connectivity index (χ4v) is 3.97. The number of nitrogens with zero attached hydrogens (tertiary/aromatic N) is 4. The van der Waals surface area contributed by atoms with E-state index in [-0.39, 0.29) is 12.1 Å². The standard InChI is InChI=1S/C19H26N4O2/c1-22-18(20-21-19(22)13-5-3-6-13)12-23-11-15(24)10-17(23)14-7-4-8-16(9-14)25-2/h4,7-9,13,15,17,24H,3,5-6,10-12H2,1-2H3/t15-,17-/m0/s1. The molecule has 134 valence electrons. The molecule has 1 aromatic carbocycles. The van der Waals surface area contributed by atoms with Crippen molar-refractivity contribution in [2.24, 2.45) is 7.05 Å². The fraction of sp³-hybridized carbons (Fsp3) is 0.579. The molecule has 25 heavy (non-hydrogen) atoms. The lowest BCUT2D eigenvalue weighted by atomic mass is 9.85. The summed E-state index contributed by atoms with van der Waals surface area (Å²) in [5.41, 5.74) is 1.18. The van der Waals surface area contributed by atoms with E-state index in [0.29, 0.717) is 19.0 Å². The van der Waals surface area contributed by atoms with Gasteiger partial charge in [-0.1, -0.05) is 18.6 Å². The molecule has 0 spiro atoms. The molecular formula is C19H26N4O2. The van der Waals surface area contributed by atoms with Crippen molar-refractivity contribution in [1.82, 2.24) is 19.7 Å². The van der Waals surface area contributed by atoms with Crippen LogP contribution in [0.4, 0.5) is 0 Å². The summed E-state index contributed by atoms with van der Waals surface area (Å²) >= 11 is 0. The molecule has 0 unspecified atom stereocenters. The highest BCUT2D eigenvalue weighted by atomic mass is 16.5. The zero-order valence-electron chi connectivity index (χ0n) is 14.9. The van der Waals surface area contributed by atoms with E-state index in [0.717, 1.165) is 23.8 Å². The molecule has 1 aliphatic carbocycles. The van der Waals surface area contributed by atoms with Crippen LogP contribution in [0.15, 0.2) is 24.3 Å². The molecule has 0 amide bonds. The maximum atomic E-state index is 10.2. The highest BCUT2D eigenvalue weighted by molar-refractivity contribution is 5.31. The summed E-state index contributed by atoms with van der Waals surface area (Å²) in [6.07, 6.45) is 4.17. The van der Waals surface area contributed by atoms with Crippen LogP contribution in [0.3, 0.4) is 0 Å². The highest BCUT2D eigenvalue weighted by Crippen LogP contribution is 2.37. The number of rotatable bonds is 5. The van der Waals surface area contributed by atoms with Crippen LogP contribution in [-0.2, 0) is 13.6 Å². The molecule has 2 atom stereocenters. The van der Waals surface area contributed by atoms with Gasteiger partial charge in [0.05, 0.1) is 19.8 Å². The molecule has 1 aliphatic heterocycles. The number of hydrogen-bond donors (Lipinski definition) is 1. The number of hydrogen-bond acceptors (Lipinski definition) is 5. The van der Waals surface area contributed by atoms with Crippen molar-refractivity contribution in [3.05, 3.63) is 41.5 Å². The van der Waals surface area contributed by atoms with Crippen LogP contribution in [0.2, 0.25) is 0 Å². The second-order valence-corrected chi connectivity index (χ2v) is 7.27. The second kappa shape index (κ2) is 6.77. The molecule has 0 bridgehead atoms. The molecule has 2 aromatic rings. The third kappa shape index (κ3) is 3.16. The van der Waals surface area contributed by atoms with Crippen LogP contribution in [0.25, 0.3) is 0 Å². The zero-order valence-corrected chi connectivity index (χ0v) is 14.9. The minimum atomic E-state index is -0.310. The van der Waals surface area contributed by atoms with Gasteiger partial charge in [0, 0.05) is 25.6 Å². The van der Waals surface area contributed by atoms with Gasteiger partial charge in [0.25, 0.3) is 0 Å². The molecule has 1 aromatic heterocycles. The first-order valence-electron chi connectivity index (χ1n) is 9.10. The van der Waals surface area contributed by atoms with Gasteiger partial charge in [-0.25, -0.2) is 0 Å². The lowest BCUT2D eigenvalue weighted by Gasteiger charge is -2.26. The van der Waals surface area contributed by atoms with Crippen molar-refractivity contribution in [3.63, 3.8) is 0 Å². The van der Waals surface area contributed by atoms with Gasteiger partial charge < -0.3 is 14.4 Å². The first kappa shape index (κ1) is 16.5. The summed E-state index contributed by atoms with van der Waals surface area (Å²) < 4.78 is 7.50. The topological polar surface area (TPSA) is 63.4 Å². The summed E-state index contributed by atoms with van der Waals surface area (Å²) in [7, 11) is 3.75. The summed E-state index contributed by atoms with van der Waals surface area (Å²) in [5, 5.41) is 19.1. The molecule has 0 radical (unpaired) electrons. The van der Waals surface area contributed by atoms with Crippen molar-refractivity contribution >= 4 is 0 Å². The van der Waals surface area contributed by atoms with E-state index >= 15 is 0 Å². The number of methoxy groups -OCH3 is 1. The van der Waals surface area contributed by atoms with Gasteiger partial charge in [0.2, 0.25) is 0 Å². The average molecular weight is 342 g/mol. The predicted molar refractivity (Wildman–Crippen MR) is 94.4 cm³/mol. The maximum absolute atomic E-state index is 10.2. The van der Waals surface area contributed by atoms with Crippen LogP contribution in [0, 0.1) is 0 Å². The van der Waals surface area contributed by atoms with Crippen LogP contribution in [0.1, 0.15) is 54.9 Å². The molecule has 2 heterocycles. The van der Waals surface area contributed by atoms with E-state index in [1.807, 2.05) is 12.1 Å². The second-order valence-electron chi connectivity index (χ2n) is 7.27. The summed E-state index contributed by atoms with van der Waals surface area (Å²) in [4.78, 5) is 2.30. The molecule has 1 saturated heterocycles. The molecule has 2 fully saturated rings. The number of ether oxygens (including phenoxy) is 1. The Morgan fingerprint density at radius 3 is 2.84 bits per heavy atom. The Morgan fingerprint density at radius 1 is 1.28 bits per heavy atom. The zero-order chi connectivity index (χ0) is 17.4. The summed E-state index contributed by atoms with van der Waals surface area (Å²) in [6.45, 7) is 1.36. The number of benzene rings is 1. The molecule has 2 aliphatic rings. The first-order valence-corrected chi connectivity index (χ1v) is 9.10. The van der Waals surface area contributed by atoms with Crippen molar-refractivity contribution in [2.75, 3.05) is 13.7 Å². The fourth-order valence-electron chi connectivity index (χ4n) is 3.97. The molecule has 6 nitrogen and oxygen atoms in total.